The van der Waals surface area contributed by atoms with Crippen LogP contribution in [0, 0.1) is 0 Å². The molecule has 0 fully saturated rings. The van der Waals surface area contributed by atoms with Crippen molar-refractivity contribution in [2.24, 2.45) is 0 Å². The number of aliphatic hydroxyl groups is 2. The quantitative estimate of drug-likeness (QED) is 0.0234. The van der Waals surface area contributed by atoms with Gasteiger partial charge in [-0.2, -0.15) is 0 Å². The van der Waals surface area contributed by atoms with E-state index in [4.69, 9.17) is 23.6 Å². The monoisotopic (exact) mass is 879 g/mol. The molecule has 0 aliphatic heterocycles. The minimum absolute atomic E-state index is 0.103. The Bertz CT molecular complexity index is 1240. The van der Waals surface area contributed by atoms with Gasteiger partial charge in [0.2, 0.25) is 0 Å². The predicted molar refractivity (Wildman–Crippen MR) is 251 cm³/mol. The summed E-state index contributed by atoms with van der Waals surface area (Å²) in [5.74, 6) is -0.995. The summed E-state index contributed by atoms with van der Waals surface area (Å²) in [5, 5.41) is 18.4. The fourth-order valence-corrected chi connectivity index (χ4v) is 6.99. The molecule has 61 heavy (non-hydrogen) atoms. The van der Waals surface area contributed by atoms with Crippen LogP contribution >= 0.6 is 7.82 Å². The van der Waals surface area contributed by atoms with Crippen LogP contribution in [0.1, 0.15) is 194 Å². The van der Waals surface area contributed by atoms with Gasteiger partial charge in [0.1, 0.15) is 12.7 Å². The zero-order valence-electron chi connectivity index (χ0n) is 38.4. The number of phosphoric ester groups is 1. The molecule has 352 valence electrons. The highest BCUT2D eigenvalue weighted by Gasteiger charge is 2.27. The number of hydrogen-bond acceptors (Lipinski definition) is 9. The van der Waals surface area contributed by atoms with Gasteiger partial charge < -0.3 is 24.6 Å². The molecule has 0 bridgehead atoms. The number of esters is 2. The highest BCUT2D eigenvalue weighted by molar-refractivity contribution is 7.47. The topological polar surface area (TPSA) is 149 Å². The molecule has 0 amide bonds. The van der Waals surface area contributed by atoms with Crippen LogP contribution in [0.25, 0.3) is 0 Å². The van der Waals surface area contributed by atoms with E-state index in [1.165, 1.54) is 96.3 Å². The highest BCUT2D eigenvalue weighted by atomic mass is 31.2. The van der Waals surface area contributed by atoms with E-state index < -0.39 is 51.8 Å². The fraction of sp³-hybridized carbons (Fsp3) is 0.720. The van der Waals surface area contributed by atoms with Crippen molar-refractivity contribution in [2.45, 2.75) is 206 Å². The molecule has 0 aromatic carbocycles. The average molecular weight is 879 g/mol. The lowest BCUT2D eigenvalue weighted by molar-refractivity contribution is -0.161. The van der Waals surface area contributed by atoms with Gasteiger partial charge >= 0.3 is 19.8 Å². The van der Waals surface area contributed by atoms with E-state index >= 15 is 0 Å². The lowest BCUT2D eigenvalue weighted by atomic mass is 10.0. The minimum Gasteiger partial charge on any atom is -0.462 e. The molecule has 10 nitrogen and oxygen atoms in total. The van der Waals surface area contributed by atoms with Gasteiger partial charge in [-0.05, 0) is 77.0 Å². The molecule has 0 saturated heterocycles. The van der Waals surface area contributed by atoms with Gasteiger partial charge in [0.05, 0.1) is 19.8 Å². The van der Waals surface area contributed by atoms with Crippen LogP contribution in [0.5, 0.6) is 0 Å². The minimum atomic E-state index is -4.64. The number of rotatable bonds is 44. The summed E-state index contributed by atoms with van der Waals surface area (Å²) < 4.78 is 32.7. The van der Waals surface area contributed by atoms with Crippen molar-refractivity contribution in [2.75, 3.05) is 26.4 Å². The molecule has 0 aromatic rings. The first-order chi connectivity index (χ1) is 29.7. The maximum atomic E-state index is 12.6. The van der Waals surface area contributed by atoms with Crippen LogP contribution < -0.4 is 0 Å². The molecule has 0 radical (unpaired) electrons. The third kappa shape index (κ3) is 45.3. The van der Waals surface area contributed by atoms with Gasteiger partial charge in [-0.25, -0.2) is 4.57 Å². The second-order valence-electron chi connectivity index (χ2n) is 15.7. The van der Waals surface area contributed by atoms with E-state index in [-0.39, 0.29) is 19.4 Å². The van der Waals surface area contributed by atoms with Gasteiger partial charge in [-0.3, -0.25) is 18.6 Å². The molecule has 0 aliphatic carbocycles. The second-order valence-corrected chi connectivity index (χ2v) is 17.2. The van der Waals surface area contributed by atoms with Crippen molar-refractivity contribution in [3.63, 3.8) is 0 Å². The number of ether oxygens (including phenoxy) is 2. The van der Waals surface area contributed by atoms with Crippen molar-refractivity contribution >= 4 is 19.8 Å². The Balaban J connectivity index is 4.29. The Labute approximate surface area is 371 Å². The lowest BCUT2D eigenvalue weighted by Gasteiger charge is -2.20. The van der Waals surface area contributed by atoms with E-state index in [2.05, 4.69) is 74.6 Å². The third-order valence-corrected chi connectivity index (χ3v) is 10.8. The molecule has 3 atom stereocenters. The molecule has 0 aromatic heterocycles. The second kappa shape index (κ2) is 45.4. The van der Waals surface area contributed by atoms with Crippen LogP contribution in [-0.2, 0) is 32.7 Å². The molecule has 0 aliphatic rings. The van der Waals surface area contributed by atoms with Gasteiger partial charge in [-0.1, -0.05) is 177 Å². The van der Waals surface area contributed by atoms with E-state index in [0.29, 0.717) is 19.3 Å². The first-order valence-corrected chi connectivity index (χ1v) is 25.4. The van der Waals surface area contributed by atoms with E-state index in [0.717, 1.165) is 51.4 Å². The Hall–Kier alpha value is -2.59. The van der Waals surface area contributed by atoms with E-state index in [1.807, 2.05) is 12.2 Å². The Kier molecular flexibility index (Phi) is 43.5. The molecule has 0 heterocycles. The van der Waals surface area contributed by atoms with Gasteiger partial charge in [0.25, 0.3) is 0 Å². The molecule has 0 rings (SSSR count). The first-order valence-electron chi connectivity index (χ1n) is 23.9. The van der Waals surface area contributed by atoms with Crippen molar-refractivity contribution in [1.82, 2.24) is 0 Å². The maximum absolute atomic E-state index is 12.6. The number of carbonyl (C=O) groups is 2. The van der Waals surface area contributed by atoms with Gasteiger partial charge in [0.15, 0.2) is 6.10 Å². The molecular weight excluding hydrogens is 792 g/mol. The van der Waals surface area contributed by atoms with Crippen molar-refractivity contribution in [1.29, 1.82) is 0 Å². The summed E-state index contributed by atoms with van der Waals surface area (Å²) in [6, 6.07) is 0. The normalized spacial score (nSPS) is 14.4. The highest BCUT2D eigenvalue weighted by Crippen LogP contribution is 2.43. The van der Waals surface area contributed by atoms with Crippen LogP contribution in [0.4, 0.5) is 0 Å². The SMILES string of the molecule is CC/C=C/C/C=C/C/C=C/C/C=C/C/C=C/CCCC(=O)O[C@H](COC(=O)CCCCCCCCCCCCC/C=C/CCCCCCCC)COP(=O)(O)OC[C@@H](O)CO. The van der Waals surface area contributed by atoms with E-state index in [9.17, 15) is 24.2 Å². The zero-order valence-corrected chi connectivity index (χ0v) is 39.3. The Morgan fingerprint density at radius 1 is 0.508 bits per heavy atom. The number of aliphatic hydroxyl groups excluding tert-OH is 2. The van der Waals surface area contributed by atoms with E-state index in [1.54, 1.807) is 0 Å². The standard InChI is InChI=1S/C50H87O10P/c1-3-5-7-9-11-13-15-17-19-21-22-23-24-26-27-29-31-33-35-37-39-41-49(53)57-45-48(46-59-61(55,56)58-44-47(52)43-51)60-50(54)42-40-38-36-34-32-30-28-25-20-18-16-14-12-10-8-6-4-2/h6,8,12,14,17-20,28,30,34,36,47-48,51-52H,3-5,7,9-11,13,15-16,21-27,29,31-33,35,37-46H2,1-2H3,(H,55,56)/b8-6+,14-12+,19-17+,20-18+,30-28+,36-34+/t47-,48+/m0/s1. The predicted octanol–water partition coefficient (Wildman–Crippen LogP) is 13.2. The number of carbonyl (C=O) groups excluding carboxylic acids is 2. The lowest BCUT2D eigenvalue weighted by Crippen LogP contribution is -2.29. The van der Waals surface area contributed by atoms with Crippen molar-refractivity contribution in [3.8, 4) is 0 Å². The summed E-state index contributed by atoms with van der Waals surface area (Å²) in [4.78, 5) is 35.1. The van der Waals surface area contributed by atoms with Gasteiger partial charge in [0, 0.05) is 12.8 Å². The van der Waals surface area contributed by atoms with Crippen LogP contribution in [-0.4, -0.2) is 65.7 Å². The fourth-order valence-electron chi connectivity index (χ4n) is 6.20. The zero-order chi connectivity index (χ0) is 44.8. The Morgan fingerprint density at radius 3 is 1.43 bits per heavy atom. The number of unbranched alkanes of at least 4 members (excludes halogenated alkanes) is 18. The van der Waals surface area contributed by atoms with Crippen molar-refractivity contribution in [3.05, 3.63) is 72.9 Å². The summed E-state index contributed by atoms with van der Waals surface area (Å²) in [6.07, 6.45) is 53.1. The summed E-state index contributed by atoms with van der Waals surface area (Å²) in [6.45, 7) is 2.20. The van der Waals surface area contributed by atoms with Crippen LogP contribution in [0.3, 0.4) is 0 Å². The van der Waals surface area contributed by atoms with Crippen LogP contribution in [0.2, 0.25) is 0 Å². The molecule has 1 unspecified atom stereocenters. The molecule has 3 N–H and O–H groups in total. The average Bonchev–Trinajstić information content (AvgIpc) is 3.25. The Morgan fingerprint density at radius 2 is 0.918 bits per heavy atom. The maximum Gasteiger partial charge on any atom is 0.472 e. The molecule has 11 heteroatoms. The summed E-state index contributed by atoms with van der Waals surface area (Å²) in [7, 11) is -4.64. The number of allylic oxidation sites excluding steroid dienone is 12. The largest absolute Gasteiger partial charge is 0.472 e. The smallest absolute Gasteiger partial charge is 0.462 e. The van der Waals surface area contributed by atoms with Gasteiger partial charge in [-0.15, -0.1) is 0 Å². The molecular formula is C50H87O10P. The molecule has 0 spiro atoms. The number of hydrogen-bond donors (Lipinski definition) is 3. The van der Waals surface area contributed by atoms with Crippen LogP contribution in [0.15, 0.2) is 72.9 Å². The van der Waals surface area contributed by atoms with Crippen molar-refractivity contribution < 1.29 is 47.8 Å². The number of phosphoric acid groups is 1. The summed E-state index contributed by atoms with van der Waals surface area (Å²) in [5.41, 5.74) is 0. The third-order valence-electron chi connectivity index (χ3n) is 9.84. The molecule has 0 saturated carbocycles. The first kappa shape index (κ1) is 58.4. The summed E-state index contributed by atoms with van der Waals surface area (Å²) >= 11 is 0.